The van der Waals surface area contributed by atoms with E-state index in [-0.39, 0.29) is 30.1 Å². The van der Waals surface area contributed by atoms with Crippen molar-refractivity contribution in [1.82, 2.24) is 9.29 Å². The van der Waals surface area contributed by atoms with Crippen molar-refractivity contribution in [3.05, 3.63) is 39.3 Å². The summed E-state index contributed by atoms with van der Waals surface area (Å²) in [5, 5.41) is 9.94. The number of aromatic carboxylic acids is 1. The first kappa shape index (κ1) is 27.9. The van der Waals surface area contributed by atoms with Gasteiger partial charge in [-0.15, -0.1) is 11.3 Å². The minimum absolute atomic E-state index is 0.0131. The van der Waals surface area contributed by atoms with Crippen LogP contribution in [0.25, 0.3) is 0 Å². The van der Waals surface area contributed by atoms with E-state index in [1.54, 1.807) is 0 Å². The Morgan fingerprint density at radius 1 is 1.10 bits per heavy atom. The molecule has 10 heteroatoms. The van der Waals surface area contributed by atoms with E-state index in [2.05, 4.69) is 21.5 Å². The van der Waals surface area contributed by atoms with E-state index in [9.17, 15) is 18.3 Å². The molecule has 0 saturated heterocycles. The van der Waals surface area contributed by atoms with Crippen LogP contribution in [-0.4, -0.2) is 35.9 Å². The van der Waals surface area contributed by atoms with Gasteiger partial charge in [0.15, 0.2) is 5.01 Å². The molecule has 3 aliphatic rings. The van der Waals surface area contributed by atoms with Crippen molar-refractivity contribution < 1.29 is 23.1 Å². The summed E-state index contributed by atoms with van der Waals surface area (Å²) in [5.74, 6) is 8.04. The van der Waals surface area contributed by atoms with Gasteiger partial charge in [0.2, 0.25) is 0 Å². The Kier molecular flexibility index (Phi) is 8.79. The Balaban J connectivity index is 1.16. The number of carbonyl (C=O) groups is 1. The van der Waals surface area contributed by atoms with E-state index in [0.29, 0.717) is 5.92 Å². The highest BCUT2D eigenvalue weighted by atomic mass is 32.2. The first-order valence-corrected chi connectivity index (χ1v) is 16.3. The van der Waals surface area contributed by atoms with E-state index in [1.807, 2.05) is 0 Å². The second-order valence-corrected chi connectivity index (χ2v) is 13.8. The quantitative estimate of drug-likeness (QED) is 0.310. The molecular weight excluding hydrogens is 534 g/mol. The third-order valence-electron chi connectivity index (χ3n) is 8.31. The molecule has 2 fully saturated rings. The molecule has 1 aliphatic heterocycles. The van der Waals surface area contributed by atoms with Gasteiger partial charge in [0, 0.05) is 10.8 Å². The van der Waals surface area contributed by atoms with E-state index < -0.39 is 16.2 Å². The lowest BCUT2D eigenvalue weighted by Crippen LogP contribution is -2.31. The Morgan fingerprint density at radius 3 is 2.62 bits per heavy atom. The largest absolute Gasteiger partial charge is 0.495 e. The van der Waals surface area contributed by atoms with Crippen molar-refractivity contribution in [1.29, 1.82) is 0 Å². The summed E-state index contributed by atoms with van der Waals surface area (Å²) in [7, 11) is -2.53. The SMILES string of the molecule is COc1cc(C(=O)O)ccc1NS(=O)(=O)N1Cc2nc(C#CC3CCCC(CC4CCCCC4)CC3)sc2C1. The van der Waals surface area contributed by atoms with Crippen LogP contribution in [0.4, 0.5) is 5.69 Å². The Labute approximate surface area is 235 Å². The third kappa shape index (κ3) is 6.94. The second kappa shape index (κ2) is 12.3. The summed E-state index contributed by atoms with van der Waals surface area (Å²) in [6.07, 6.45) is 14.7. The number of methoxy groups -OCH3 is 1. The third-order valence-corrected chi connectivity index (χ3v) is 10.7. The van der Waals surface area contributed by atoms with Gasteiger partial charge in [-0.1, -0.05) is 50.9 Å². The number of anilines is 1. The maximum absolute atomic E-state index is 13.0. The molecule has 1 aromatic heterocycles. The molecule has 2 aromatic rings. The topological polar surface area (TPSA) is 109 Å². The van der Waals surface area contributed by atoms with Crippen molar-refractivity contribution in [3.63, 3.8) is 0 Å². The van der Waals surface area contributed by atoms with Crippen LogP contribution in [0.1, 0.15) is 96.6 Å². The van der Waals surface area contributed by atoms with Gasteiger partial charge < -0.3 is 9.84 Å². The molecule has 2 atom stereocenters. The number of carboxylic acids is 1. The van der Waals surface area contributed by atoms with Crippen LogP contribution in [0.5, 0.6) is 5.75 Å². The van der Waals surface area contributed by atoms with Crippen LogP contribution in [0.3, 0.4) is 0 Å². The monoisotopic (exact) mass is 571 g/mol. The van der Waals surface area contributed by atoms with Gasteiger partial charge >= 0.3 is 16.2 Å². The minimum Gasteiger partial charge on any atom is -0.495 e. The zero-order valence-corrected chi connectivity index (χ0v) is 24.1. The van der Waals surface area contributed by atoms with Crippen molar-refractivity contribution in [2.24, 2.45) is 17.8 Å². The standard InChI is InChI=1S/C29H37N3O5S2/c1-37-26-17-23(29(33)34)13-14-24(26)31-39(35,36)32-18-25-27(19-32)38-28(30-25)15-12-20-8-5-9-22(11-10-20)16-21-6-3-2-4-7-21/h13-14,17,20-22,31H,2-11,16,18-19H2,1H3,(H,33,34). The average Bonchev–Trinajstić information content (AvgIpc) is 3.42. The fraction of sp³-hybridized carbons (Fsp3) is 0.586. The van der Waals surface area contributed by atoms with Crippen molar-refractivity contribution >= 4 is 33.2 Å². The molecule has 0 radical (unpaired) electrons. The van der Waals surface area contributed by atoms with Gasteiger partial charge in [-0.2, -0.15) is 12.7 Å². The molecule has 2 N–H and O–H groups in total. The Bertz CT molecular complexity index is 1330. The molecule has 1 aromatic carbocycles. The number of hydrogen-bond donors (Lipinski definition) is 2. The highest BCUT2D eigenvalue weighted by Crippen LogP contribution is 2.36. The molecule has 2 unspecified atom stereocenters. The van der Waals surface area contributed by atoms with E-state index >= 15 is 0 Å². The molecule has 8 nitrogen and oxygen atoms in total. The summed E-state index contributed by atoms with van der Waals surface area (Å²) >= 11 is 1.47. The lowest BCUT2D eigenvalue weighted by Gasteiger charge is -2.25. The number of carboxylic acid groups (broad SMARTS) is 1. The number of aromatic nitrogens is 1. The molecule has 0 spiro atoms. The number of nitrogens with one attached hydrogen (secondary N) is 1. The first-order valence-electron chi connectivity index (χ1n) is 14.0. The summed E-state index contributed by atoms with van der Waals surface area (Å²) in [5.41, 5.74) is 0.942. The van der Waals surface area contributed by atoms with E-state index in [0.717, 1.165) is 33.8 Å². The molecule has 2 aliphatic carbocycles. The maximum atomic E-state index is 13.0. The number of benzene rings is 1. The number of nitrogens with zero attached hydrogens (tertiary/aromatic N) is 2. The average molecular weight is 572 g/mol. The van der Waals surface area contributed by atoms with Gasteiger partial charge in [0.05, 0.1) is 37.1 Å². The zero-order chi connectivity index (χ0) is 27.4. The molecule has 2 saturated carbocycles. The number of ether oxygens (including phenoxy) is 1. The van der Waals surface area contributed by atoms with Crippen molar-refractivity contribution in [2.45, 2.75) is 83.7 Å². The number of thiazole rings is 1. The fourth-order valence-corrected chi connectivity index (χ4v) is 8.36. The van der Waals surface area contributed by atoms with E-state index in [4.69, 9.17) is 4.74 Å². The van der Waals surface area contributed by atoms with Gasteiger partial charge in [-0.3, -0.25) is 4.72 Å². The molecular formula is C29H37N3O5S2. The maximum Gasteiger partial charge on any atom is 0.335 e. The molecule has 2 heterocycles. The first-order chi connectivity index (χ1) is 18.8. The smallest absolute Gasteiger partial charge is 0.335 e. The van der Waals surface area contributed by atoms with Crippen LogP contribution in [0.15, 0.2) is 18.2 Å². The molecule has 0 bridgehead atoms. The fourth-order valence-electron chi connectivity index (χ4n) is 6.17. The van der Waals surface area contributed by atoms with Crippen molar-refractivity contribution in [2.75, 3.05) is 11.8 Å². The predicted octanol–water partition coefficient (Wildman–Crippen LogP) is 6.04. The summed E-state index contributed by atoms with van der Waals surface area (Å²) in [6, 6.07) is 4.02. The molecule has 5 rings (SSSR count). The second-order valence-electron chi connectivity index (χ2n) is 11.1. The van der Waals surface area contributed by atoms with Crippen LogP contribution in [0, 0.1) is 29.6 Å². The Morgan fingerprint density at radius 2 is 1.87 bits per heavy atom. The lowest BCUT2D eigenvalue weighted by atomic mass is 9.80. The van der Waals surface area contributed by atoms with Crippen LogP contribution >= 0.6 is 11.3 Å². The van der Waals surface area contributed by atoms with E-state index in [1.165, 1.54) is 105 Å². The summed E-state index contributed by atoms with van der Waals surface area (Å²) in [4.78, 5) is 16.8. The van der Waals surface area contributed by atoms with Gasteiger partial charge in [-0.25, -0.2) is 9.78 Å². The lowest BCUT2D eigenvalue weighted by molar-refractivity contribution is 0.0696. The van der Waals surface area contributed by atoms with Crippen LogP contribution in [0.2, 0.25) is 0 Å². The number of fused-ring (bicyclic) bond motifs is 1. The van der Waals surface area contributed by atoms with Crippen molar-refractivity contribution in [3.8, 4) is 17.6 Å². The predicted molar refractivity (Wildman–Crippen MR) is 152 cm³/mol. The van der Waals surface area contributed by atoms with Crippen LogP contribution in [-0.2, 0) is 23.3 Å². The summed E-state index contributed by atoms with van der Waals surface area (Å²) in [6.45, 7) is 0.399. The Hall–Kier alpha value is -2.61. The minimum atomic E-state index is -3.89. The zero-order valence-electron chi connectivity index (χ0n) is 22.4. The van der Waals surface area contributed by atoms with Gasteiger partial charge in [0.25, 0.3) is 0 Å². The summed E-state index contributed by atoms with van der Waals surface area (Å²) < 4.78 is 35.1. The normalized spacial score (nSPS) is 22.4. The molecule has 0 amide bonds. The van der Waals surface area contributed by atoms with Gasteiger partial charge in [-0.05, 0) is 61.6 Å². The molecule has 210 valence electrons. The number of rotatable bonds is 7. The van der Waals surface area contributed by atoms with Crippen LogP contribution < -0.4 is 9.46 Å². The number of hydrogen-bond acceptors (Lipinski definition) is 6. The van der Waals surface area contributed by atoms with Gasteiger partial charge in [0.1, 0.15) is 5.75 Å². The molecule has 39 heavy (non-hydrogen) atoms. The highest BCUT2D eigenvalue weighted by Gasteiger charge is 2.33. The highest BCUT2D eigenvalue weighted by molar-refractivity contribution is 7.90.